The molecule has 3 rings (SSSR count). The van der Waals surface area contributed by atoms with Gasteiger partial charge in [0.05, 0.1) is 43.2 Å². The predicted molar refractivity (Wildman–Crippen MR) is 104 cm³/mol. The number of rotatable bonds is 6. The summed E-state index contributed by atoms with van der Waals surface area (Å²) < 4.78 is 10.5. The maximum atomic E-state index is 12.6. The topological polar surface area (TPSA) is 67.9 Å². The Bertz CT molecular complexity index is 786. The van der Waals surface area contributed by atoms with Gasteiger partial charge in [-0.15, -0.1) is 0 Å². The van der Waals surface area contributed by atoms with Crippen LogP contribution in [-0.2, 0) is 20.7 Å². The molecule has 142 valence electrons. The number of hydrogen-bond acceptors (Lipinski definition) is 5. The lowest BCUT2D eigenvalue weighted by atomic mass is 10.1. The van der Waals surface area contributed by atoms with Gasteiger partial charge in [0.25, 0.3) is 0 Å². The van der Waals surface area contributed by atoms with E-state index in [9.17, 15) is 9.59 Å². The smallest absolute Gasteiger partial charge is 0.338 e. The summed E-state index contributed by atoms with van der Waals surface area (Å²) in [6.07, 6.45) is 0.271. The van der Waals surface area contributed by atoms with Gasteiger partial charge >= 0.3 is 5.97 Å². The number of benzene rings is 2. The molecule has 0 aromatic heterocycles. The number of ether oxygens (including phenoxy) is 2. The van der Waals surface area contributed by atoms with Gasteiger partial charge in [-0.3, -0.25) is 4.79 Å². The molecule has 0 aliphatic carbocycles. The van der Waals surface area contributed by atoms with Gasteiger partial charge in [-0.1, -0.05) is 30.3 Å². The quantitative estimate of drug-likeness (QED) is 0.794. The van der Waals surface area contributed by atoms with E-state index in [0.29, 0.717) is 31.1 Å². The van der Waals surface area contributed by atoms with E-state index >= 15 is 0 Å². The molecule has 1 aliphatic rings. The number of amides is 1. The van der Waals surface area contributed by atoms with Crippen molar-refractivity contribution >= 4 is 23.3 Å². The second kappa shape index (κ2) is 9.19. The number of morpholine rings is 1. The van der Waals surface area contributed by atoms with Crippen LogP contribution >= 0.6 is 0 Å². The van der Waals surface area contributed by atoms with E-state index in [2.05, 4.69) is 10.2 Å². The van der Waals surface area contributed by atoms with Crippen LogP contribution in [0.2, 0.25) is 0 Å². The monoisotopic (exact) mass is 368 g/mol. The molecule has 0 saturated carbocycles. The Balaban J connectivity index is 1.83. The van der Waals surface area contributed by atoms with Crippen LogP contribution in [0.25, 0.3) is 0 Å². The Morgan fingerprint density at radius 3 is 2.56 bits per heavy atom. The first-order valence-corrected chi connectivity index (χ1v) is 9.15. The zero-order valence-corrected chi connectivity index (χ0v) is 15.4. The van der Waals surface area contributed by atoms with Crippen molar-refractivity contribution in [2.75, 3.05) is 43.1 Å². The fraction of sp³-hybridized carbons (Fsp3) is 0.333. The third kappa shape index (κ3) is 5.08. The molecule has 0 unspecified atom stereocenters. The Morgan fingerprint density at radius 2 is 1.85 bits per heavy atom. The Morgan fingerprint density at radius 1 is 1.11 bits per heavy atom. The zero-order valence-electron chi connectivity index (χ0n) is 15.4. The van der Waals surface area contributed by atoms with Crippen molar-refractivity contribution in [3.63, 3.8) is 0 Å². The fourth-order valence-electron chi connectivity index (χ4n) is 3.03. The van der Waals surface area contributed by atoms with Gasteiger partial charge in [0.1, 0.15) is 0 Å². The van der Waals surface area contributed by atoms with Crippen molar-refractivity contribution in [1.82, 2.24) is 0 Å². The van der Waals surface area contributed by atoms with Crippen molar-refractivity contribution in [3.8, 4) is 0 Å². The summed E-state index contributed by atoms with van der Waals surface area (Å²) in [5.41, 5.74) is 2.85. The van der Waals surface area contributed by atoms with Crippen molar-refractivity contribution in [2.45, 2.75) is 13.3 Å². The molecule has 6 nitrogen and oxygen atoms in total. The lowest BCUT2D eigenvalue weighted by Crippen LogP contribution is -2.37. The van der Waals surface area contributed by atoms with Crippen LogP contribution < -0.4 is 10.2 Å². The van der Waals surface area contributed by atoms with Crippen LogP contribution in [-0.4, -0.2) is 44.8 Å². The molecule has 1 saturated heterocycles. The summed E-state index contributed by atoms with van der Waals surface area (Å²) in [6.45, 7) is 4.82. The highest BCUT2D eigenvalue weighted by Gasteiger charge is 2.18. The van der Waals surface area contributed by atoms with Crippen LogP contribution in [0.15, 0.2) is 48.5 Å². The number of anilines is 2. The average molecular weight is 368 g/mol. The maximum absolute atomic E-state index is 12.6. The molecule has 1 N–H and O–H groups in total. The second-order valence-electron chi connectivity index (χ2n) is 6.26. The van der Waals surface area contributed by atoms with E-state index in [4.69, 9.17) is 9.47 Å². The molecular weight excluding hydrogens is 344 g/mol. The van der Waals surface area contributed by atoms with Crippen LogP contribution in [0.3, 0.4) is 0 Å². The number of nitrogens with zero attached hydrogens (tertiary/aromatic N) is 1. The SMILES string of the molecule is CCOC(=O)c1ccc(N2CCOCC2)c(NC(=O)Cc2ccccc2)c1. The summed E-state index contributed by atoms with van der Waals surface area (Å²) in [5.74, 6) is -0.527. The number of esters is 1. The van der Waals surface area contributed by atoms with Crippen LogP contribution in [0.1, 0.15) is 22.8 Å². The highest BCUT2D eigenvalue weighted by Crippen LogP contribution is 2.28. The highest BCUT2D eigenvalue weighted by atomic mass is 16.5. The van der Waals surface area contributed by atoms with Gasteiger partial charge < -0.3 is 19.7 Å². The number of hydrogen-bond donors (Lipinski definition) is 1. The molecule has 6 heteroatoms. The molecule has 0 spiro atoms. The predicted octanol–water partition coefficient (Wildman–Crippen LogP) is 2.88. The van der Waals surface area contributed by atoms with Gasteiger partial charge in [-0.25, -0.2) is 4.79 Å². The number of nitrogens with one attached hydrogen (secondary N) is 1. The molecule has 27 heavy (non-hydrogen) atoms. The summed E-state index contributed by atoms with van der Waals surface area (Å²) in [5, 5.41) is 2.96. The molecule has 1 aliphatic heterocycles. The standard InChI is InChI=1S/C21H24N2O4/c1-2-27-21(25)17-8-9-19(23-10-12-26-13-11-23)18(15-17)22-20(24)14-16-6-4-3-5-7-16/h3-9,15H,2,10-14H2,1H3,(H,22,24). The first-order valence-electron chi connectivity index (χ1n) is 9.15. The number of carbonyl (C=O) groups is 2. The molecule has 0 radical (unpaired) electrons. The second-order valence-corrected chi connectivity index (χ2v) is 6.26. The lowest BCUT2D eigenvalue weighted by Gasteiger charge is -2.30. The Hall–Kier alpha value is -2.86. The van der Waals surface area contributed by atoms with Crippen molar-refractivity contribution in [3.05, 3.63) is 59.7 Å². The third-order valence-corrected chi connectivity index (χ3v) is 4.34. The summed E-state index contributed by atoms with van der Waals surface area (Å²) in [4.78, 5) is 26.8. The van der Waals surface area contributed by atoms with E-state index in [0.717, 1.165) is 24.3 Å². The molecule has 1 amide bonds. The van der Waals surface area contributed by atoms with E-state index < -0.39 is 5.97 Å². The van der Waals surface area contributed by atoms with Crippen molar-refractivity contribution in [1.29, 1.82) is 0 Å². The minimum atomic E-state index is -0.399. The summed E-state index contributed by atoms with van der Waals surface area (Å²) in [7, 11) is 0. The van der Waals surface area contributed by atoms with Gasteiger partial charge in [-0.2, -0.15) is 0 Å². The van der Waals surface area contributed by atoms with E-state index in [-0.39, 0.29) is 12.3 Å². The van der Waals surface area contributed by atoms with Crippen molar-refractivity contribution in [2.24, 2.45) is 0 Å². The summed E-state index contributed by atoms with van der Waals surface area (Å²) >= 11 is 0. The van der Waals surface area contributed by atoms with Gasteiger partial charge in [0.2, 0.25) is 5.91 Å². The third-order valence-electron chi connectivity index (χ3n) is 4.34. The average Bonchev–Trinajstić information content (AvgIpc) is 2.69. The minimum absolute atomic E-state index is 0.128. The van der Waals surface area contributed by atoms with Gasteiger partial charge in [0.15, 0.2) is 0 Å². The van der Waals surface area contributed by atoms with Crippen LogP contribution in [0.4, 0.5) is 11.4 Å². The highest BCUT2D eigenvalue weighted by molar-refractivity contribution is 5.98. The van der Waals surface area contributed by atoms with Gasteiger partial charge in [-0.05, 0) is 30.7 Å². The van der Waals surface area contributed by atoms with E-state index in [1.54, 1.807) is 19.1 Å². The molecule has 0 bridgehead atoms. The molecule has 1 fully saturated rings. The molecule has 1 heterocycles. The number of carbonyl (C=O) groups excluding carboxylic acids is 2. The van der Waals surface area contributed by atoms with E-state index in [1.165, 1.54) is 0 Å². The minimum Gasteiger partial charge on any atom is -0.462 e. The van der Waals surface area contributed by atoms with Crippen molar-refractivity contribution < 1.29 is 19.1 Å². The maximum Gasteiger partial charge on any atom is 0.338 e. The lowest BCUT2D eigenvalue weighted by molar-refractivity contribution is -0.115. The molecule has 0 atom stereocenters. The van der Waals surface area contributed by atoms with E-state index in [1.807, 2.05) is 36.4 Å². The van der Waals surface area contributed by atoms with Crippen LogP contribution in [0.5, 0.6) is 0 Å². The first kappa shape index (κ1) is 18.9. The largest absolute Gasteiger partial charge is 0.462 e. The Kier molecular flexibility index (Phi) is 6.44. The molecule has 2 aromatic carbocycles. The first-order chi connectivity index (χ1) is 13.2. The zero-order chi connectivity index (χ0) is 19.1. The Labute approximate surface area is 159 Å². The normalized spacial score (nSPS) is 13.9. The summed E-state index contributed by atoms with van der Waals surface area (Å²) in [6, 6.07) is 14.8. The fourth-order valence-corrected chi connectivity index (χ4v) is 3.03. The molecular formula is C21H24N2O4. The molecule has 2 aromatic rings. The van der Waals surface area contributed by atoms with Gasteiger partial charge in [0, 0.05) is 13.1 Å². The van der Waals surface area contributed by atoms with Crippen LogP contribution in [0, 0.1) is 0 Å².